The molecule has 0 radical (unpaired) electrons. The van der Waals surface area contributed by atoms with Crippen LogP contribution in [0.1, 0.15) is 11.1 Å². The quantitative estimate of drug-likeness (QED) is 0.646. The van der Waals surface area contributed by atoms with Crippen LogP contribution in [0, 0.1) is 0 Å². The third kappa shape index (κ3) is 4.47. The molecule has 0 aliphatic heterocycles. The lowest BCUT2D eigenvalue weighted by molar-refractivity contribution is -0.129. The van der Waals surface area contributed by atoms with Crippen molar-refractivity contribution in [2.75, 3.05) is 21.3 Å². The summed E-state index contributed by atoms with van der Waals surface area (Å²) in [6, 6.07) is 15.4. The maximum atomic E-state index is 12.6. The van der Waals surface area contributed by atoms with Crippen LogP contribution >= 0.6 is 0 Å². The van der Waals surface area contributed by atoms with E-state index >= 15 is 0 Å². The zero-order valence-electron chi connectivity index (χ0n) is 15.8. The molecule has 0 saturated carbocycles. The summed E-state index contributed by atoms with van der Waals surface area (Å²) in [5.41, 5.74) is 2.84. The van der Waals surface area contributed by atoms with E-state index in [9.17, 15) is 4.79 Å². The van der Waals surface area contributed by atoms with Crippen molar-refractivity contribution in [1.29, 1.82) is 0 Å². The Morgan fingerprint density at radius 3 is 2.48 bits per heavy atom. The van der Waals surface area contributed by atoms with Crippen LogP contribution < -0.4 is 9.47 Å². The van der Waals surface area contributed by atoms with Crippen LogP contribution in [0.4, 0.5) is 0 Å². The van der Waals surface area contributed by atoms with Crippen molar-refractivity contribution >= 4 is 5.91 Å². The molecule has 6 heteroatoms. The van der Waals surface area contributed by atoms with Gasteiger partial charge in [0.1, 0.15) is 0 Å². The summed E-state index contributed by atoms with van der Waals surface area (Å²) < 4.78 is 12.3. The highest BCUT2D eigenvalue weighted by Gasteiger charge is 2.13. The van der Waals surface area contributed by atoms with Crippen LogP contribution in [0.15, 0.2) is 60.9 Å². The summed E-state index contributed by atoms with van der Waals surface area (Å²) in [4.78, 5) is 14.3. The van der Waals surface area contributed by atoms with Gasteiger partial charge in [-0.05, 0) is 29.8 Å². The average molecular weight is 365 g/mol. The van der Waals surface area contributed by atoms with Gasteiger partial charge in [0.25, 0.3) is 0 Å². The molecular formula is C21H23N3O3. The fraction of sp³-hybridized carbons (Fsp3) is 0.238. The van der Waals surface area contributed by atoms with Gasteiger partial charge in [-0.15, -0.1) is 0 Å². The van der Waals surface area contributed by atoms with Crippen molar-refractivity contribution in [2.45, 2.75) is 13.0 Å². The number of likely N-dealkylation sites (N-methyl/N-ethyl adjacent to an activating group) is 1. The molecule has 0 aliphatic carbocycles. The minimum atomic E-state index is 0.0229. The summed E-state index contributed by atoms with van der Waals surface area (Å²) >= 11 is 0. The molecule has 0 N–H and O–H groups in total. The molecule has 0 saturated heterocycles. The van der Waals surface area contributed by atoms with E-state index in [1.165, 1.54) is 0 Å². The average Bonchev–Trinajstić information content (AvgIpc) is 3.17. The highest BCUT2D eigenvalue weighted by atomic mass is 16.5. The Morgan fingerprint density at radius 1 is 1.04 bits per heavy atom. The summed E-state index contributed by atoms with van der Waals surface area (Å²) in [7, 11) is 4.97. The van der Waals surface area contributed by atoms with Gasteiger partial charge in [0, 0.05) is 25.4 Å². The van der Waals surface area contributed by atoms with Gasteiger partial charge in [0.05, 0.1) is 32.5 Å². The van der Waals surface area contributed by atoms with E-state index in [-0.39, 0.29) is 5.91 Å². The fourth-order valence-electron chi connectivity index (χ4n) is 2.83. The van der Waals surface area contributed by atoms with E-state index < -0.39 is 0 Å². The van der Waals surface area contributed by atoms with Gasteiger partial charge in [-0.2, -0.15) is 5.10 Å². The van der Waals surface area contributed by atoms with Gasteiger partial charge >= 0.3 is 0 Å². The second-order valence-electron chi connectivity index (χ2n) is 6.24. The van der Waals surface area contributed by atoms with E-state index in [0.29, 0.717) is 24.5 Å². The molecule has 0 fully saturated rings. The Labute approximate surface area is 158 Å². The number of rotatable bonds is 7. The van der Waals surface area contributed by atoms with Crippen LogP contribution in [-0.2, 0) is 17.8 Å². The van der Waals surface area contributed by atoms with Gasteiger partial charge in [0.2, 0.25) is 5.91 Å². The molecule has 27 heavy (non-hydrogen) atoms. The van der Waals surface area contributed by atoms with Crippen molar-refractivity contribution in [2.24, 2.45) is 0 Å². The SMILES string of the molecule is COc1ccc(CC(=O)N(C)Cc2cnn(-c3ccccc3)c2)cc1OC. The number of para-hydroxylation sites is 1. The van der Waals surface area contributed by atoms with Crippen molar-refractivity contribution in [1.82, 2.24) is 14.7 Å². The first-order valence-electron chi connectivity index (χ1n) is 8.64. The molecular weight excluding hydrogens is 342 g/mol. The third-order valence-electron chi connectivity index (χ3n) is 4.31. The predicted molar refractivity (Wildman–Crippen MR) is 103 cm³/mol. The van der Waals surface area contributed by atoms with E-state index in [0.717, 1.165) is 16.8 Å². The number of amides is 1. The minimum absolute atomic E-state index is 0.0229. The largest absolute Gasteiger partial charge is 0.493 e. The highest BCUT2D eigenvalue weighted by Crippen LogP contribution is 2.27. The number of carbonyl (C=O) groups is 1. The van der Waals surface area contributed by atoms with E-state index in [4.69, 9.17) is 9.47 Å². The molecule has 1 amide bonds. The molecule has 0 unspecified atom stereocenters. The summed E-state index contributed by atoms with van der Waals surface area (Å²) in [5, 5.41) is 4.37. The van der Waals surface area contributed by atoms with Crippen LogP contribution in [0.3, 0.4) is 0 Å². The molecule has 0 atom stereocenters. The summed E-state index contributed by atoms with van der Waals surface area (Å²) in [6.07, 6.45) is 4.02. The number of hydrogen-bond donors (Lipinski definition) is 0. The molecule has 140 valence electrons. The van der Waals surface area contributed by atoms with Gasteiger partial charge in [-0.1, -0.05) is 24.3 Å². The fourth-order valence-corrected chi connectivity index (χ4v) is 2.83. The number of hydrogen-bond acceptors (Lipinski definition) is 4. The number of carbonyl (C=O) groups excluding carboxylic acids is 1. The Bertz CT molecular complexity index is 906. The normalized spacial score (nSPS) is 10.5. The monoisotopic (exact) mass is 365 g/mol. The second kappa shape index (κ2) is 8.40. The van der Waals surface area contributed by atoms with Crippen molar-refractivity contribution in [3.05, 3.63) is 72.1 Å². The molecule has 1 heterocycles. The van der Waals surface area contributed by atoms with Crippen molar-refractivity contribution in [3.63, 3.8) is 0 Å². The van der Waals surface area contributed by atoms with Crippen LogP contribution in [0.5, 0.6) is 11.5 Å². The Morgan fingerprint density at radius 2 is 1.78 bits per heavy atom. The van der Waals surface area contributed by atoms with Gasteiger partial charge in [-0.3, -0.25) is 4.79 Å². The molecule has 0 bridgehead atoms. The van der Waals surface area contributed by atoms with Crippen molar-refractivity contribution in [3.8, 4) is 17.2 Å². The first-order valence-corrected chi connectivity index (χ1v) is 8.64. The minimum Gasteiger partial charge on any atom is -0.493 e. The van der Waals surface area contributed by atoms with Crippen LogP contribution in [0.2, 0.25) is 0 Å². The summed E-state index contributed by atoms with van der Waals surface area (Å²) in [6.45, 7) is 0.499. The Kier molecular flexibility index (Phi) is 5.76. The van der Waals surface area contributed by atoms with Crippen molar-refractivity contribution < 1.29 is 14.3 Å². The topological polar surface area (TPSA) is 56.6 Å². The Hall–Kier alpha value is -3.28. The molecule has 2 aromatic carbocycles. The van der Waals surface area contributed by atoms with Gasteiger partial charge in [-0.25, -0.2) is 4.68 Å². The number of benzene rings is 2. The maximum absolute atomic E-state index is 12.6. The standard InChI is InChI=1S/C21H23N3O3/c1-23(14-17-13-22-24(15-17)18-7-5-4-6-8-18)21(25)12-16-9-10-19(26-2)20(11-16)27-3/h4-11,13,15H,12,14H2,1-3H3. The number of methoxy groups -OCH3 is 2. The van der Waals surface area contributed by atoms with E-state index in [2.05, 4.69) is 5.10 Å². The smallest absolute Gasteiger partial charge is 0.227 e. The number of nitrogens with zero attached hydrogens (tertiary/aromatic N) is 3. The van der Waals surface area contributed by atoms with Gasteiger partial charge in [0.15, 0.2) is 11.5 Å². The first kappa shape index (κ1) is 18.5. The third-order valence-corrected chi connectivity index (χ3v) is 4.31. The lowest BCUT2D eigenvalue weighted by Crippen LogP contribution is -2.27. The van der Waals surface area contributed by atoms with E-state index in [1.54, 1.807) is 32.4 Å². The molecule has 0 aliphatic rings. The lowest BCUT2D eigenvalue weighted by atomic mass is 10.1. The molecule has 0 spiro atoms. The summed E-state index contributed by atoms with van der Waals surface area (Å²) in [5.74, 6) is 1.29. The molecule has 1 aromatic heterocycles. The Balaban J connectivity index is 1.64. The van der Waals surface area contributed by atoms with Gasteiger partial charge < -0.3 is 14.4 Å². The molecule has 3 rings (SSSR count). The highest BCUT2D eigenvalue weighted by molar-refractivity contribution is 5.78. The molecule has 3 aromatic rings. The van der Waals surface area contributed by atoms with Crippen LogP contribution in [-0.4, -0.2) is 41.9 Å². The van der Waals surface area contributed by atoms with Crippen LogP contribution in [0.25, 0.3) is 5.69 Å². The number of aromatic nitrogens is 2. The zero-order valence-corrected chi connectivity index (χ0v) is 15.8. The molecule has 6 nitrogen and oxygen atoms in total. The first-order chi connectivity index (χ1) is 13.1. The number of ether oxygens (including phenoxy) is 2. The predicted octanol–water partition coefficient (Wildman–Crippen LogP) is 3.09. The zero-order chi connectivity index (χ0) is 19.2. The maximum Gasteiger partial charge on any atom is 0.227 e. The van der Waals surface area contributed by atoms with E-state index in [1.807, 2.05) is 59.4 Å². The second-order valence-corrected chi connectivity index (χ2v) is 6.24. The lowest BCUT2D eigenvalue weighted by Gasteiger charge is -2.17.